The summed E-state index contributed by atoms with van der Waals surface area (Å²) >= 11 is 1.53. The van der Waals surface area contributed by atoms with Crippen LogP contribution in [0, 0.1) is 0 Å². The van der Waals surface area contributed by atoms with Gasteiger partial charge in [0.1, 0.15) is 17.5 Å². The number of hydrogen-bond donors (Lipinski definition) is 2. The third-order valence-electron chi connectivity index (χ3n) is 4.46. The molecule has 31 heavy (non-hydrogen) atoms. The van der Waals surface area contributed by atoms with Gasteiger partial charge in [0.2, 0.25) is 5.91 Å². The first-order chi connectivity index (χ1) is 14.8. The van der Waals surface area contributed by atoms with E-state index in [2.05, 4.69) is 10.6 Å². The fourth-order valence-electron chi connectivity index (χ4n) is 2.90. The predicted molar refractivity (Wildman–Crippen MR) is 126 cm³/mol. The summed E-state index contributed by atoms with van der Waals surface area (Å²) in [5.74, 6) is 0.719. The van der Waals surface area contributed by atoms with Crippen LogP contribution in [0.1, 0.15) is 6.92 Å². The van der Waals surface area contributed by atoms with E-state index < -0.39 is 15.9 Å². The van der Waals surface area contributed by atoms with Gasteiger partial charge in [0.25, 0.3) is 0 Å². The van der Waals surface area contributed by atoms with Gasteiger partial charge < -0.3 is 15.4 Å². The number of amides is 1. The van der Waals surface area contributed by atoms with Gasteiger partial charge in [-0.15, -0.1) is 11.8 Å². The quantitative estimate of drug-likeness (QED) is 0.462. The monoisotopic (exact) mass is 456 g/mol. The Bertz CT molecular complexity index is 1170. The molecule has 0 bridgehead atoms. The van der Waals surface area contributed by atoms with Crippen molar-refractivity contribution in [1.82, 2.24) is 0 Å². The molecule has 1 atom stereocenters. The largest absolute Gasteiger partial charge is 0.457 e. The van der Waals surface area contributed by atoms with Crippen molar-refractivity contribution >= 4 is 38.9 Å². The van der Waals surface area contributed by atoms with Crippen LogP contribution in [0.15, 0.2) is 82.6 Å². The third-order valence-corrected chi connectivity index (χ3v) is 6.39. The fraction of sp³-hybridized carbons (Fsp3) is 0.174. The molecule has 0 aliphatic carbocycles. The zero-order valence-electron chi connectivity index (χ0n) is 17.5. The SMILES string of the molecule is CSc1ccccc1NC(=O)C(C)Nc1ccc(Oc2ccccc2)cc1S(C)(=O)=O. The van der Waals surface area contributed by atoms with E-state index in [0.29, 0.717) is 22.9 Å². The van der Waals surface area contributed by atoms with Gasteiger partial charge in [-0.3, -0.25) is 4.79 Å². The zero-order chi connectivity index (χ0) is 22.4. The highest BCUT2D eigenvalue weighted by Crippen LogP contribution is 2.30. The minimum absolute atomic E-state index is 0.0603. The Balaban J connectivity index is 1.80. The number of anilines is 2. The number of thioether (sulfide) groups is 1. The first-order valence-electron chi connectivity index (χ1n) is 9.55. The normalized spacial score (nSPS) is 12.1. The minimum atomic E-state index is -3.57. The van der Waals surface area contributed by atoms with Crippen molar-refractivity contribution in [3.05, 3.63) is 72.8 Å². The maximum Gasteiger partial charge on any atom is 0.246 e. The average Bonchev–Trinajstić information content (AvgIpc) is 2.75. The minimum Gasteiger partial charge on any atom is -0.457 e. The van der Waals surface area contributed by atoms with E-state index in [1.807, 2.05) is 48.7 Å². The number of nitrogens with one attached hydrogen (secondary N) is 2. The number of para-hydroxylation sites is 2. The molecule has 3 aromatic carbocycles. The summed E-state index contributed by atoms with van der Waals surface area (Å²) in [6, 6.07) is 20.7. The number of carbonyl (C=O) groups excluding carboxylic acids is 1. The van der Waals surface area contributed by atoms with Gasteiger partial charge in [0.05, 0.1) is 16.3 Å². The van der Waals surface area contributed by atoms with Gasteiger partial charge in [-0.1, -0.05) is 30.3 Å². The van der Waals surface area contributed by atoms with Crippen LogP contribution in [0.5, 0.6) is 11.5 Å². The van der Waals surface area contributed by atoms with Crippen LogP contribution >= 0.6 is 11.8 Å². The van der Waals surface area contributed by atoms with Gasteiger partial charge >= 0.3 is 0 Å². The maximum absolute atomic E-state index is 12.7. The van der Waals surface area contributed by atoms with Crippen LogP contribution in [-0.4, -0.2) is 32.9 Å². The van der Waals surface area contributed by atoms with Crippen molar-refractivity contribution in [2.24, 2.45) is 0 Å². The Hall–Kier alpha value is -2.97. The molecule has 0 saturated carbocycles. The first-order valence-corrected chi connectivity index (χ1v) is 12.7. The van der Waals surface area contributed by atoms with E-state index in [4.69, 9.17) is 4.74 Å². The standard InChI is InChI=1S/C23H24N2O4S2/c1-16(23(26)25-19-11-7-8-12-21(19)30-2)24-20-14-13-18(15-22(20)31(3,27)28)29-17-9-5-4-6-10-17/h4-16,24H,1-3H3,(H,25,26). The molecular weight excluding hydrogens is 432 g/mol. The van der Waals surface area contributed by atoms with Gasteiger partial charge in [-0.25, -0.2) is 8.42 Å². The van der Waals surface area contributed by atoms with Gasteiger partial charge in [-0.05, 0) is 49.6 Å². The van der Waals surface area contributed by atoms with Crippen LogP contribution in [-0.2, 0) is 14.6 Å². The molecule has 0 aliphatic rings. The highest BCUT2D eigenvalue weighted by molar-refractivity contribution is 7.98. The molecular formula is C23H24N2O4S2. The van der Waals surface area contributed by atoms with Gasteiger partial charge in [0.15, 0.2) is 9.84 Å². The van der Waals surface area contributed by atoms with Crippen LogP contribution in [0.4, 0.5) is 11.4 Å². The van der Waals surface area contributed by atoms with Crippen molar-refractivity contribution in [3.8, 4) is 11.5 Å². The molecule has 6 nitrogen and oxygen atoms in total. The molecule has 8 heteroatoms. The summed E-state index contributed by atoms with van der Waals surface area (Å²) in [5, 5.41) is 5.90. The molecule has 0 fully saturated rings. The molecule has 0 spiro atoms. The molecule has 3 rings (SSSR count). The highest BCUT2D eigenvalue weighted by atomic mass is 32.2. The molecule has 3 aromatic rings. The van der Waals surface area contributed by atoms with E-state index in [-0.39, 0.29) is 10.8 Å². The van der Waals surface area contributed by atoms with E-state index in [0.717, 1.165) is 11.2 Å². The van der Waals surface area contributed by atoms with Crippen molar-refractivity contribution in [2.45, 2.75) is 22.8 Å². The number of carbonyl (C=O) groups is 1. The van der Waals surface area contributed by atoms with Crippen LogP contribution in [0.25, 0.3) is 0 Å². The molecule has 162 valence electrons. The van der Waals surface area contributed by atoms with Gasteiger partial charge in [0, 0.05) is 17.2 Å². The lowest BCUT2D eigenvalue weighted by molar-refractivity contribution is -0.116. The Labute approximate surface area is 186 Å². The lowest BCUT2D eigenvalue weighted by Crippen LogP contribution is -2.32. The van der Waals surface area contributed by atoms with E-state index in [1.54, 1.807) is 31.2 Å². The van der Waals surface area contributed by atoms with E-state index in [1.165, 1.54) is 17.8 Å². The number of ether oxygens (including phenoxy) is 1. The highest BCUT2D eigenvalue weighted by Gasteiger charge is 2.20. The number of sulfone groups is 1. The zero-order valence-corrected chi connectivity index (χ0v) is 19.1. The van der Waals surface area contributed by atoms with E-state index >= 15 is 0 Å². The molecule has 0 heterocycles. The maximum atomic E-state index is 12.7. The second-order valence-corrected chi connectivity index (χ2v) is 9.73. The smallest absolute Gasteiger partial charge is 0.246 e. The lowest BCUT2D eigenvalue weighted by atomic mass is 10.2. The molecule has 0 saturated heterocycles. The summed E-state index contributed by atoms with van der Waals surface area (Å²) in [7, 11) is -3.57. The van der Waals surface area contributed by atoms with Crippen molar-refractivity contribution in [3.63, 3.8) is 0 Å². The second-order valence-electron chi connectivity index (χ2n) is 6.90. The number of hydrogen-bond acceptors (Lipinski definition) is 6. The predicted octanol–water partition coefficient (Wildman–Crippen LogP) is 5.04. The number of benzene rings is 3. The lowest BCUT2D eigenvalue weighted by Gasteiger charge is -2.19. The topological polar surface area (TPSA) is 84.5 Å². The Morgan fingerprint density at radius 1 is 0.935 bits per heavy atom. The summed E-state index contributed by atoms with van der Waals surface area (Å²) < 4.78 is 30.5. The molecule has 0 radical (unpaired) electrons. The summed E-state index contributed by atoms with van der Waals surface area (Å²) in [5.41, 5.74) is 1.05. The molecule has 1 amide bonds. The van der Waals surface area contributed by atoms with Crippen LogP contribution < -0.4 is 15.4 Å². The van der Waals surface area contributed by atoms with E-state index in [9.17, 15) is 13.2 Å². The van der Waals surface area contributed by atoms with Crippen molar-refractivity contribution < 1.29 is 17.9 Å². The Kier molecular flexibility index (Phi) is 7.25. The van der Waals surface area contributed by atoms with Crippen LogP contribution in [0.2, 0.25) is 0 Å². The average molecular weight is 457 g/mol. The van der Waals surface area contributed by atoms with Gasteiger partial charge in [-0.2, -0.15) is 0 Å². The summed E-state index contributed by atoms with van der Waals surface area (Å²) in [6.07, 6.45) is 3.06. The fourth-order valence-corrected chi connectivity index (χ4v) is 4.31. The van der Waals surface area contributed by atoms with Crippen LogP contribution in [0.3, 0.4) is 0 Å². The Morgan fingerprint density at radius 3 is 2.29 bits per heavy atom. The second kappa shape index (κ2) is 9.89. The summed E-state index contributed by atoms with van der Waals surface area (Å²) in [6.45, 7) is 1.68. The number of rotatable bonds is 8. The molecule has 0 aromatic heterocycles. The Morgan fingerprint density at radius 2 is 1.61 bits per heavy atom. The van der Waals surface area contributed by atoms with Crippen molar-refractivity contribution in [2.75, 3.05) is 23.1 Å². The summed E-state index contributed by atoms with van der Waals surface area (Å²) in [4.78, 5) is 13.7. The molecule has 2 N–H and O–H groups in total. The third kappa shape index (κ3) is 6.02. The van der Waals surface area contributed by atoms with Crippen molar-refractivity contribution in [1.29, 1.82) is 0 Å². The first kappa shape index (κ1) is 22.7. The molecule has 1 unspecified atom stereocenters. The molecule has 0 aliphatic heterocycles.